The molecule has 2 aromatic heterocycles. The van der Waals surface area contributed by atoms with Crippen molar-refractivity contribution in [1.82, 2.24) is 10.3 Å². The molecule has 1 unspecified atom stereocenters. The van der Waals surface area contributed by atoms with Gasteiger partial charge in [-0.25, -0.2) is 4.98 Å². The van der Waals surface area contributed by atoms with Crippen molar-refractivity contribution in [3.8, 4) is 11.6 Å². The number of pyridine rings is 1. The largest absolute Gasteiger partial charge is 0.462 e. The van der Waals surface area contributed by atoms with E-state index in [4.69, 9.17) is 13.9 Å². The molecule has 1 fully saturated rings. The summed E-state index contributed by atoms with van der Waals surface area (Å²) in [5.74, 6) is 3.24. The van der Waals surface area contributed by atoms with Gasteiger partial charge in [-0.2, -0.15) is 0 Å². The van der Waals surface area contributed by atoms with E-state index in [1.54, 1.807) is 6.20 Å². The van der Waals surface area contributed by atoms with Gasteiger partial charge < -0.3 is 19.2 Å². The molecule has 140 valence electrons. The molecule has 1 atom stereocenters. The highest BCUT2D eigenvalue weighted by molar-refractivity contribution is 5.32. The van der Waals surface area contributed by atoms with Crippen molar-refractivity contribution in [2.45, 2.75) is 38.5 Å². The number of benzene rings is 1. The summed E-state index contributed by atoms with van der Waals surface area (Å²) in [6.45, 7) is 2.11. The van der Waals surface area contributed by atoms with Crippen molar-refractivity contribution < 1.29 is 13.9 Å². The molecule has 0 saturated carbocycles. The Morgan fingerprint density at radius 1 is 1.00 bits per heavy atom. The van der Waals surface area contributed by atoms with Gasteiger partial charge >= 0.3 is 0 Å². The Morgan fingerprint density at radius 2 is 1.93 bits per heavy atom. The van der Waals surface area contributed by atoms with Crippen molar-refractivity contribution >= 4 is 0 Å². The zero-order valence-electron chi connectivity index (χ0n) is 15.3. The second kappa shape index (κ2) is 8.84. The first-order valence-corrected chi connectivity index (χ1v) is 9.46. The average Bonchev–Trinajstić information content (AvgIpc) is 3.20. The van der Waals surface area contributed by atoms with Crippen LogP contribution in [0.5, 0.6) is 11.6 Å². The highest BCUT2D eigenvalue weighted by Gasteiger charge is 2.19. The summed E-state index contributed by atoms with van der Waals surface area (Å²) >= 11 is 0. The molecule has 1 aliphatic heterocycles. The monoisotopic (exact) mass is 364 g/mol. The van der Waals surface area contributed by atoms with E-state index in [1.807, 2.05) is 54.6 Å². The van der Waals surface area contributed by atoms with Crippen LogP contribution in [0.25, 0.3) is 0 Å². The average molecular weight is 364 g/mol. The predicted octanol–water partition coefficient (Wildman–Crippen LogP) is 5.00. The molecule has 1 aliphatic rings. The van der Waals surface area contributed by atoms with Gasteiger partial charge in [-0.05, 0) is 49.6 Å². The van der Waals surface area contributed by atoms with E-state index in [1.165, 1.54) is 6.42 Å². The fourth-order valence-electron chi connectivity index (χ4n) is 3.20. The number of aromatic nitrogens is 1. The molecule has 5 heteroatoms. The molecule has 0 amide bonds. The molecule has 0 bridgehead atoms. The van der Waals surface area contributed by atoms with Gasteiger partial charge in [-0.1, -0.05) is 24.3 Å². The highest BCUT2D eigenvalue weighted by Crippen LogP contribution is 2.29. The number of hydrogen-bond donors (Lipinski definition) is 1. The minimum absolute atomic E-state index is 0.108. The van der Waals surface area contributed by atoms with Gasteiger partial charge in [0, 0.05) is 24.9 Å². The van der Waals surface area contributed by atoms with Crippen LogP contribution in [-0.4, -0.2) is 11.6 Å². The third-order valence-corrected chi connectivity index (χ3v) is 4.60. The minimum atomic E-state index is 0.108. The summed E-state index contributed by atoms with van der Waals surface area (Å²) in [6.07, 6.45) is 5.23. The Bertz CT molecular complexity index is 842. The van der Waals surface area contributed by atoms with Crippen molar-refractivity contribution in [3.63, 3.8) is 0 Å². The Kier molecular flexibility index (Phi) is 5.82. The lowest BCUT2D eigenvalue weighted by atomic mass is 10.1. The lowest BCUT2D eigenvalue weighted by molar-refractivity contribution is 0.00122. The maximum Gasteiger partial charge on any atom is 0.223 e. The van der Waals surface area contributed by atoms with Gasteiger partial charge in [-0.3, -0.25) is 0 Å². The molecule has 4 rings (SSSR count). The maximum absolute atomic E-state index is 5.95. The molecular weight excluding hydrogens is 340 g/mol. The summed E-state index contributed by atoms with van der Waals surface area (Å²) in [4.78, 5) is 4.36. The number of ether oxygens (including phenoxy) is 2. The van der Waals surface area contributed by atoms with Gasteiger partial charge in [0.2, 0.25) is 5.88 Å². The molecular formula is C22H24N2O3. The topological polar surface area (TPSA) is 56.5 Å². The summed E-state index contributed by atoms with van der Waals surface area (Å²) < 4.78 is 17.6. The molecule has 0 aliphatic carbocycles. The van der Waals surface area contributed by atoms with E-state index in [-0.39, 0.29) is 6.10 Å². The van der Waals surface area contributed by atoms with Crippen LogP contribution in [0.4, 0.5) is 0 Å². The lowest BCUT2D eigenvalue weighted by Crippen LogP contribution is -2.13. The molecule has 1 aromatic carbocycles. The number of nitrogens with zero attached hydrogens (tertiary/aromatic N) is 1. The predicted molar refractivity (Wildman–Crippen MR) is 103 cm³/mol. The Labute approximate surface area is 159 Å². The van der Waals surface area contributed by atoms with E-state index in [0.717, 1.165) is 42.3 Å². The standard InChI is InChI=1S/C22H24N2O3/c1-2-8-18(9-3-1)27-22-17(7-6-13-24-22)15-23-16-19-11-12-21(26-19)20-10-4-5-14-25-20/h1-3,6-9,11-13,20,23H,4-5,10,14-16H2. The lowest BCUT2D eigenvalue weighted by Gasteiger charge is -2.20. The van der Waals surface area contributed by atoms with E-state index < -0.39 is 0 Å². The summed E-state index contributed by atoms with van der Waals surface area (Å²) in [6, 6.07) is 17.7. The number of nitrogens with one attached hydrogen (secondary N) is 1. The molecule has 0 radical (unpaired) electrons. The van der Waals surface area contributed by atoms with Gasteiger partial charge in [-0.15, -0.1) is 0 Å². The molecule has 27 heavy (non-hydrogen) atoms. The van der Waals surface area contributed by atoms with Crippen LogP contribution >= 0.6 is 0 Å². The second-order valence-electron chi connectivity index (χ2n) is 6.65. The van der Waals surface area contributed by atoms with E-state index in [0.29, 0.717) is 19.0 Å². The Morgan fingerprint density at radius 3 is 2.78 bits per heavy atom. The summed E-state index contributed by atoms with van der Waals surface area (Å²) in [5.41, 5.74) is 1.00. The molecule has 0 spiro atoms. The van der Waals surface area contributed by atoms with E-state index in [2.05, 4.69) is 10.3 Å². The highest BCUT2D eigenvalue weighted by atomic mass is 16.5. The zero-order valence-corrected chi connectivity index (χ0v) is 15.3. The third-order valence-electron chi connectivity index (χ3n) is 4.60. The van der Waals surface area contributed by atoms with Gasteiger partial charge in [0.25, 0.3) is 0 Å². The van der Waals surface area contributed by atoms with Crippen LogP contribution in [0.15, 0.2) is 65.2 Å². The normalized spacial score (nSPS) is 17.0. The quantitative estimate of drug-likeness (QED) is 0.639. The maximum atomic E-state index is 5.95. The zero-order chi connectivity index (χ0) is 18.3. The van der Waals surface area contributed by atoms with Crippen molar-refractivity contribution in [3.05, 3.63) is 77.9 Å². The first-order chi connectivity index (χ1) is 13.4. The van der Waals surface area contributed by atoms with Crippen LogP contribution < -0.4 is 10.1 Å². The smallest absolute Gasteiger partial charge is 0.223 e. The Balaban J connectivity index is 1.33. The van der Waals surface area contributed by atoms with Crippen molar-refractivity contribution in [2.75, 3.05) is 6.61 Å². The molecule has 5 nitrogen and oxygen atoms in total. The third kappa shape index (κ3) is 4.76. The number of para-hydroxylation sites is 1. The summed E-state index contributed by atoms with van der Waals surface area (Å²) in [5, 5.41) is 3.41. The van der Waals surface area contributed by atoms with Crippen LogP contribution in [-0.2, 0) is 17.8 Å². The summed E-state index contributed by atoms with van der Waals surface area (Å²) in [7, 11) is 0. The van der Waals surface area contributed by atoms with Crippen LogP contribution in [0.3, 0.4) is 0 Å². The molecule has 3 aromatic rings. The van der Waals surface area contributed by atoms with Gasteiger partial charge in [0.15, 0.2) is 0 Å². The second-order valence-corrected chi connectivity index (χ2v) is 6.65. The molecule has 3 heterocycles. The Hall–Kier alpha value is -2.63. The molecule has 1 saturated heterocycles. The first kappa shape index (κ1) is 17.8. The van der Waals surface area contributed by atoms with Crippen LogP contribution in [0, 0.1) is 0 Å². The number of hydrogen-bond acceptors (Lipinski definition) is 5. The first-order valence-electron chi connectivity index (χ1n) is 9.46. The van der Waals surface area contributed by atoms with Crippen molar-refractivity contribution in [1.29, 1.82) is 0 Å². The van der Waals surface area contributed by atoms with Crippen LogP contribution in [0.1, 0.15) is 42.5 Å². The van der Waals surface area contributed by atoms with Gasteiger partial charge in [0.05, 0.1) is 6.54 Å². The van der Waals surface area contributed by atoms with Gasteiger partial charge in [0.1, 0.15) is 23.4 Å². The van der Waals surface area contributed by atoms with E-state index >= 15 is 0 Å². The van der Waals surface area contributed by atoms with E-state index in [9.17, 15) is 0 Å². The number of rotatable bonds is 7. The molecule has 1 N–H and O–H groups in total. The SMILES string of the molecule is c1ccc(Oc2ncccc2CNCc2ccc(C3CCCCO3)o2)cc1. The van der Waals surface area contributed by atoms with Crippen molar-refractivity contribution in [2.24, 2.45) is 0 Å². The van der Waals surface area contributed by atoms with Crippen LogP contribution in [0.2, 0.25) is 0 Å². The fourth-order valence-corrected chi connectivity index (χ4v) is 3.20. The fraction of sp³-hybridized carbons (Fsp3) is 0.318. The minimum Gasteiger partial charge on any atom is -0.462 e. The number of furan rings is 1.